The Morgan fingerprint density at radius 2 is 1.81 bits per heavy atom. The van der Waals surface area contributed by atoms with Gasteiger partial charge in [-0.05, 0) is 57.2 Å². The number of rotatable bonds is 11. The minimum absolute atomic E-state index is 0.0156. The van der Waals surface area contributed by atoms with E-state index in [-0.39, 0.29) is 42.9 Å². The Bertz CT molecular complexity index is 1470. The molecule has 1 fully saturated rings. The molecular weight excluding hydrogens is 649 g/mol. The average molecular weight is 699 g/mol. The van der Waals surface area contributed by atoms with E-state index in [0.29, 0.717) is 63.2 Å². The van der Waals surface area contributed by atoms with Crippen LogP contribution >= 0.6 is 0 Å². The average Bonchev–Trinajstić information content (AvgIpc) is 3.32. The largest absolute Gasteiger partial charge is 0.444 e. The summed E-state index contributed by atoms with van der Waals surface area (Å²) >= 11 is 0. The quantitative estimate of drug-likeness (QED) is 0.321. The van der Waals surface area contributed by atoms with E-state index >= 15 is 0 Å². The molecule has 2 aliphatic rings. The first kappa shape index (κ1) is 37.8. The lowest BCUT2D eigenvalue weighted by Crippen LogP contribution is -2.48. The number of aliphatic hydroxyl groups is 1. The van der Waals surface area contributed by atoms with Crippen molar-refractivity contribution in [3.63, 3.8) is 0 Å². The van der Waals surface area contributed by atoms with Crippen molar-refractivity contribution in [1.29, 1.82) is 0 Å². The van der Waals surface area contributed by atoms with Gasteiger partial charge in [-0.15, -0.1) is 0 Å². The first-order valence-electron chi connectivity index (χ1n) is 16.4. The standard InChI is InChI=1S/C33H49F3N6O5S/c1-21(2)15-29(44)37-17-23-16-22(7-8-27(23)33(34,35)36)30-26-20-41(48(6)46)14-11-28(26)42(39-30)19-25(43)18-40-12-9-24(10-13-40)38-31(45)47-32(3,4)5/h7-8,16,21,24-25,43H,9-15,17-20H2,1-6H3,(H,37,44)(H,38,45). The van der Waals surface area contributed by atoms with Gasteiger partial charge in [0.2, 0.25) is 5.91 Å². The lowest BCUT2D eigenvalue weighted by molar-refractivity contribution is -0.138. The number of β-amino-alcohol motifs (C(OH)–C–C–N with tert-alkyl or cyclic N) is 1. The number of nitrogens with one attached hydrogen (secondary N) is 2. The number of alkyl carbamates (subject to hydrolysis) is 1. The number of piperidine rings is 1. The Morgan fingerprint density at radius 3 is 2.42 bits per heavy atom. The van der Waals surface area contributed by atoms with Crippen molar-refractivity contribution in [3.8, 4) is 11.3 Å². The van der Waals surface area contributed by atoms with Gasteiger partial charge in [0.05, 0.1) is 34.9 Å². The van der Waals surface area contributed by atoms with E-state index in [1.54, 1.807) is 15.2 Å². The zero-order valence-electron chi connectivity index (χ0n) is 28.7. The molecule has 2 aliphatic heterocycles. The molecule has 268 valence electrons. The first-order valence-corrected chi connectivity index (χ1v) is 17.9. The van der Waals surface area contributed by atoms with E-state index in [9.17, 15) is 32.1 Å². The maximum atomic E-state index is 14.0. The predicted octanol–water partition coefficient (Wildman–Crippen LogP) is 4.23. The summed E-state index contributed by atoms with van der Waals surface area (Å²) in [5.41, 5.74) is 1.03. The molecule has 1 aromatic carbocycles. The lowest BCUT2D eigenvalue weighted by atomic mass is 9.97. The zero-order chi connectivity index (χ0) is 35.4. The third kappa shape index (κ3) is 10.5. The molecule has 3 heterocycles. The molecule has 4 rings (SSSR count). The second-order valence-corrected chi connectivity index (χ2v) is 15.5. The smallest absolute Gasteiger partial charge is 0.416 e. The lowest BCUT2D eigenvalue weighted by Gasteiger charge is -2.34. The maximum absolute atomic E-state index is 14.0. The zero-order valence-corrected chi connectivity index (χ0v) is 29.5. The summed E-state index contributed by atoms with van der Waals surface area (Å²) in [6.45, 7) is 11.6. The van der Waals surface area contributed by atoms with Crippen molar-refractivity contribution in [2.45, 2.75) is 104 Å². The van der Waals surface area contributed by atoms with Crippen LogP contribution in [0.4, 0.5) is 18.0 Å². The number of hydrogen-bond donors (Lipinski definition) is 3. The Labute approximate surface area is 283 Å². The highest BCUT2D eigenvalue weighted by Gasteiger charge is 2.35. The molecule has 15 heteroatoms. The number of hydrogen-bond acceptors (Lipinski definition) is 7. The van der Waals surface area contributed by atoms with E-state index in [0.717, 1.165) is 17.3 Å². The number of carbonyl (C=O) groups is 2. The Kier molecular flexibility index (Phi) is 12.4. The monoisotopic (exact) mass is 698 g/mol. The molecule has 2 unspecified atom stereocenters. The van der Waals surface area contributed by atoms with Crippen LogP contribution in [0.2, 0.25) is 0 Å². The molecular formula is C33H49F3N6O5S. The number of aromatic nitrogens is 2. The normalized spacial score (nSPS) is 18.0. The van der Waals surface area contributed by atoms with Gasteiger partial charge in [-0.25, -0.2) is 13.3 Å². The summed E-state index contributed by atoms with van der Waals surface area (Å²) in [6.07, 6.45) is -2.12. The van der Waals surface area contributed by atoms with Crippen LogP contribution in [0.5, 0.6) is 0 Å². The van der Waals surface area contributed by atoms with Crippen LogP contribution in [0.3, 0.4) is 0 Å². The highest BCUT2D eigenvalue weighted by Crippen LogP contribution is 2.37. The van der Waals surface area contributed by atoms with Gasteiger partial charge in [-0.1, -0.05) is 19.9 Å². The van der Waals surface area contributed by atoms with Crippen molar-refractivity contribution in [1.82, 2.24) is 29.6 Å². The fourth-order valence-corrected chi connectivity index (χ4v) is 6.82. The van der Waals surface area contributed by atoms with Crippen LogP contribution in [-0.2, 0) is 52.7 Å². The number of likely N-dealkylation sites (tertiary alicyclic amines) is 1. The second kappa shape index (κ2) is 15.7. The van der Waals surface area contributed by atoms with Crippen molar-refractivity contribution in [2.24, 2.45) is 5.92 Å². The van der Waals surface area contributed by atoms with E-state index < -0.39 is 40.5 Å². The van der Waals surface area contributed by atoms with Gasteiger partial charge in [0, 0.05) is 81.2 Å². The van der Waals surface area contributed by atoms with Crippen LogP contribution < -0.4 is 10.6 Å². The highest BCUT2D eigenvalue weighted by atomic mass is 32.2. The third-order valence-corrected chi connectivity index (χ3v) is 9.42. The van der Waals surface area contributed by atoms with Gasteiger partial charge in [0.1, 0.15) is 5.60 Å². The molecule has 0 radical (unpaired) electrons. The summed E-state index contributed by atoms with van der Waals surface area (Å²) in [5, 5.41) is 21.5. The summed E-state index contributed by atoms with van der Waals surface area (Å²) < 4.78 is 63.2. The molecule has 1 saturated heterocycles. The summed E-state index contributed by atoms with van der Waals surface area (Å²) in [6, 6.07) is 3.79. The minimum Gasteiger partial charge on any atom is -0.444 e. The summed E-state index contributed by atoms with van der Waals surface area (Å²) in [5.74, 6) is -0.270. The number of nitrogens with zero attached hydrogens (tertiary/aromatic N) is 4. The van der Waals surface area contributed by atoms with Gasteiger partial charge in [-0.2, -0.15) is 18.3 Å². The third-order valence-electron chi connectivity index (χ3n) is 8.38. The van der Waals surface area contributed by atoms with Crippen LogP contribution in [0.25, 0.3) is 11.3 Å². The van der Waals surface area contributed by atoms with Gasteiger partial charge in [-0.3, -0.25) is 9.48 Å². The van der Waals surface area contributed by atoms with Crippen LogP contribution in [-0.4, -0.2) is 90.5 Å². The van der Waals surface area contributed by atoms with Gasteiger partial charge in [0.25, 0.3) is 0 Å². The molecule has 48 heavy (non-hydrogen) atoms. The molecule has 0 spiro atoms. The van der Waals surface area contributed by atoms with Gasteiger partial charge >= 0.3 is 12.3 Å². The van der Waals surface area contributed by atoms with Crippen molar-refractivity contribution >= 4 is 23.0 Å². The number of halogens is 3. The number of amides is 2. The second-order valence-electron chi connectivity index (χ2n) is 14.1. The molecule has 11 nitrogen and oxygen atoms in total. The molecule has 0 aliphatic carbocycles. The fourth-order valence-electron chi connectivity index (χ4n) is 6.16. The number of aliphatic hydroxyl groups excluding tert-OH is 1. The van der Waals surface area contributed by atoms with Crippen LogP contribution in [0.15, 0.2) is 18.2 Å². The van der Waals surface area contributed by atoms with Crippen molar-refractivity contribution < 1.29 is 36.8 Å². The molecule has 2 atom stereocenters. The molecule has 3 N–H and O–H groups in total. The number of benzene rings is 1. The number of fused-ring (bicyclic) bond motifs is 1. The molecule has 2 amide bonds. The Morgan fingerprint density at radius 1 is 1.12 bits per heavy atom. The molecule has 2 aromatic rings. The number of alkyl halides is 3. The molecule has 1 aromatic heterocycles. The van der Waals surface area contributed by atoms with E-state index in [1.807, 2.05) is 34.6 Å². The molecule has 0 saturated carbocycles. The van der Waals surface area contributed by atoms with E-state index in [2.05, 4.69) is 15.5 Å². The molecule has 0 bridgehead atoms. The van der Waals surface area contributed by atoms with Crippen LogP contribution in [0, 0.1) is 5.92 Å². The first-order chi connectivity index (χ1) is 22.4. The number of ether oxygens (including phenoxy) is 1. The minimum atomic E-state index is -4.62. The summed E-state index contributed by atoms with van der Waals surface area (Å²) in [7, 11) is -1.27. The topological polar surface area (TPSA) is 129 Å². The van der Waals surface area contributed by atoms with Gasteiger partial charge in [0.15, 0.2) is 0 Å². The Balaban J connectivity index is 1.52. The van der Waals surface area contributed by atoms with Gasteiger partial charge < -0.3 is 25.4 Å². The maximum Gasteiger partial charge on any atom is 0.416 e. The van der Waals surface area contributed by atoms with Crippen molar-refractivity contribution in [2.75, 3.05) is 32.4 Å². The van der Waals surface area contributed by atoms with E-state index in [4.69, 9.17) is 9.84 Å². The SMILES string of the molecule is CC(C)CC(=O)NCc1cc(-c2nn(CC(O)CN3CCC(NC(=O)OC(C)(C)C)CC3)c3c2CN(S(C)=O)CC3)ccc1C(F)(F)F. The summed E-state index contributed by atoms with van der Waals surface area (Å²) in [4.78, 5) is 26.6. The van der Waals surface area contributed by atoms with E-state index in [1.165, 1.54) is 12.1 Å². The van der Waals surface area contributed by atoms with Crippen molar-refractivity contribution in [3.05, 3.63) is 40.6 Å². The van der Waals surface area contributed by atoms with Crippen LogP contribution in [0.1, 0.15) is 76.3 Å². The fraction of sp³-hybridized carbons (Fsp3) is 0.667. The number of carbonyl (C=O) groups excluding carboxylic acids is 2. The Hall–Kier alpha value is -3.01. The predicted molar refractivity (Wildman–Crippen MR) is 177 cm³/mol. The highest BCUT2D eigenvalue weighted by molar-refractivity contribution is 7.81.